The molecule has 2 unspecified atom stereocenters. The first kappa shape index (κ1) is 9.61. The average molecular weight is 196 g/mol. The normalized spacial score (nSPS) is 24.9. The second-order valence-corrected chi connectivity index (χ2v) is 3.67. The second kappa shape index (κ2) is 4.06. The smallest absolute Gasteiger partial charge is 0.146 e. The number of ether oxygens (including phenoxy) is 1. The molecule has 0 radical (unpaired) electrons. The number of hydrogen-bond acceptors (Lipinski definition) is 4. The lowest BCUT2D eigenvalue weighted by molar-refractivity contribution is -0.00225. The Morgan fingerprint density at radius 3 is 3.07 bits per heavy atom. The third-order valence-corrected chi connectivity index (χ3v) is 2.66. The summed E-state index contributed by atoms with van der Waals surface area (Å²) in [5.74, 6) is 0.803. The highest BCUT2D eigenvalue weighted by atomic mass is 16.5. The van der Waals surface area contributed by atoms with E-state index in [2.05, 4.69) is 10.1 Å². The lowest BCUT2D eigenvalue weighted by atomic mass is 10.0. The van der Waals surface area contributed by atoms with Crippen molar-refractivity contribution in [3.05, 3.63) is 12.2 Å². The van der Waals surface area contributed by atoms with E-state index in [1.807, 2.05) is 7.05 Å². The summed E-state index contributed by atoms with van der Waals surface area (Å²) in [5, 5.41) is 4.00. The summed E-state index contributed by atoms with van der Waals surface area (Å²) >= 11 is 0. The van der Waals surface area contributed by atoms with E-state index in [0.717, 1.165) is 25.3 Å². The van der Waals surface area contributed by atoms with Crippen molar-refractivity contribution in [1.29, 1.82) is 0 Å². The number of hydrogen-bond donors (Lipinski definition) is 1. The highest BCUT2D eigenvalue weighted by Crippen LogP contribution is 2.22. The van der Waals surface area contributed by atoms with E-state index in [0.29, 0.717) is 0 Å². The summed E-state index contributed by atoms with van der Waals surface area (Å²) in [6.45, 7) is 0.816. The van der Waals surface area contributed by atoms with Crippen molar-refractivity contribution in [2.45, 2.75) is 31.4 Å². The van der Waals surface area contributed by atoms with Crippen molar-refractivity contribution in [3.63, 3.8) is 0 Å². The van der Waals surface area contributed by atoms with E-state index in [1.54, 1.807) is 4.68 Å². The average Bonchev–Trinajstić information content (AvgIpc) is 2.65. The first-order chi connectivity index (χ1) is 6.79. The van der Waals surface area contributed by atoms with Crippen molar-refractivity contribution in [2.75, 3.05) is 6.61 Å². The molecule has 2 rings (SSSR count). The monoisotopic (exact) mass is 196 g/mol. The molecule has 0 bridgehead atoms. The van der Waals surface area contributed by atoms with Crippen molar-refractivity contribution in [2.24, 2.45) is 12.8 Å². The minimum Gasteiger partial charge on any atom is -0.376 e. The summed E-state index contributed by atoms with van der Waals surface area (Å²) in [6.07, 6.45) is 4.98. The summed E-state index contributed by atoms with van der Waals surface area (Å²) < 4.78 is 7.32. The Labute approximate surface area is 83.3 Å². The van der Waals surface area contributed by atoms with Gasteiger partial charge in [0.05, 0.1) is 12.1 Å². The molecule has 2 heterocycles. The van der Waals surface area contributed by atoms with Gasteiger partial charge in [0.25, 0.3) is 0 Å². The molecular weight excluding hydrogens is 180 g/mol. The molecule has 1 aliphatic heterocycles. The van der Waals surface area contributed by atoms with E-state index in [4.69, 9.17) is 10.5 Å². The zero-order valence-electron chi connectivity index (χ0n) is 8.39. The van der Waals surface area contributed by atoms with Gasteiger partial charge in [-0.15, -0.1) is 0 Å². The lowest BCUT2D eigenvalue weighted by Gasteiger charge is -2.27. The summed E-state index contributed by atoms with van der Waals surface area (Å²) in [7, 11) is 1.85. The van der Waals surface area contributed by atoms with Crippen LogP contribution in [0.25, 0.3) is 0 Å². The molecule has 0 spiro atoms. The summed E-state index contributed by atoms with van der Waals surface area (Å²) in [5.41, 5.74) is 6.07. The highest BCUT2D eigenvalue weighted by molar-refractivity contribution is 4.96. The van der Waals surface area contributed by atoms with Gasteiger partial charge < -0.3 is 10.5 Å². The van der Waals surface area contributed by atoms with E-state index in [-0.39, 0.29) is 12.1 Å². The number of nitrogens with two attached hydrogens (primary N) is 1. The van der Waals surface area contributed by atoms with E-state index >= 15 is 0 Å². The second-order valence-electron chi connectivity index (χ2n) is 3.67. The maximum absolute atomic E-state index is 6.07. The Morgan fingerprint density at radius 1 is 1.64 bits per heavy atom. The predicted molar refractivity (Wildman–Crippen MR) is 51.5 cm³/mol. The first-order valence-corrected chi connectivity index (χ1v) is 5.00. The van der Waals surface area contributed by atoms with Crippen LogP contribution in [0.2, 0.25) is 0 Å². The molecule has 0 aliphatic carbocycles. The third-order valence-electron chi connectivity index (χ3n) is 2.66. The zero-order chi connectivity index (χ0) is 9.97. The van der Waals surface area contributed by atoms with Crippen LogP contribution in [0.4, 0.5) is 0 Å². The molecule has 5 heteroatoms. The van der Waals surface area contributed by atoms with Crippen LogP contribution in [0.15, 0.2) is 6.33 Å². The van der Waals surface area contributed by atoms with E-state index in [1.165, 1.54) is 12.7 Å². The Balaban J connectivity index is 2.07. The lowest BCUT2D eigenvalue weighted by Crippen LogP contribution is -2.33. The van der Waals surface area contributed by atoms with Gasteiger partial charge in [0.1, 0.15) is 12.2 Å². The van der Waals surface area contributed by atoms with Gasteiger partial charge in [-0.2, -0.15) is 5.10 Å². The van der Waals surface area contributed by atoms with Crippen LogP contribution >= 0.6 is 0 Å². The Kier molecular flexibility index (Phi) is 2.79. The molecule has 2 atom stereocenters. The highest BCUT2D eigenvalue weighted by Gasteiger charge is 2.25. The van der Waals surface area contributed by atoms with Gasteiger partial charge >= 0.3 is 0 Å². The maximum atomic E-state index is 6.07. The fraction of sp³-hybridized carbons (Fsp3) is 0.778. The molecule has 1 aromatic rings. The van der Waals surface area contributed by atoms with E-state index in [9.17, 15) is 0 Å². The molecule has 0 amide bonds. The van der Waals surface area contributed by atoms with Gasteiger partial charge in [-0.3, -0.25) is 4.68 Å². The molecule has 1 fully saturated rings. The molecule has 0 aromatic carbocycles. The topological polar surface area (TPSA) is 66.0 Å². The first-order valence-electron chi connectivity index (χ1n) is 5.00. The minimum absolute atomic E-state index is 0.103. The molecule has 78 valence electrons. The van der Waals surface area contributed by atoms with Crippen LogP contribution in [0.5, 0.6) is 0 Å². The van der Waals surface area contributed by atoms with Crippen LogP contribution in [0, 0.1) is 0 Å². The molecule has 1 aromatic heterocycles. The summed E-state index contributed by atoms with van der Waals surface area (Å²) in [4.78, 5) is 4.14. The largest absolute Gasteiger partial charge is 0.376 e. The Hall–Kier alpha value is -0.940. The van der Waals surface area contributed by atoms with Gasteiger partial charge in [0.15, 0.2) is 0 Å². The van der Waals surface area contributed by atoms with Gasteiger partial charge in [-0.05, 0) is 19.3 Å². The number of aromatic nitrogens is 3. The molecule has 0 saturated carbocycles. The fourth-order valence-electron chi connectivity index (χ4n) is 1.82. The number of rotatable bonds is 2. The number of aryl methyl sites for hydroxylation is 1. The quantitative estimate of drug-likeness (QED) is 0.742. The van der Waals surface area contributed by atoms with Crippen LogP contribution in [-0.4, -0.2) is 27.5 Å². The van der Waals surface area contributed by atoms with Gasteiger partial charge in [0, 0.05) is 13.7 Å². The Bertz CT molecular complexity index is 293. The van der Waals surface area contributed by atoms with Gasteiger partial charge in [-0.1, -0.05) is 0 Å². The summed E-state index contributed by atoms with van der Waals surface area (Å²) in [6, 6.07) is -0.150. The molecule has 2 N–H and O–H groups in total. The van der Waals surface area contributed by atoms with Crippen molar-refractivity contribution in [3.8, 4) is 0 Å². The van der Waals surface area contributed by atoms with E-state index < -0.39 is 0 Å². The molecule has 1 aliphatic rings. The molecule has 1 saturated heterocycles. The zero-order valence-corrected chi connectivity index (χ0v) is 8.39. The maximum Gasteiger partial charge on any atom is 0.146 e. The van der Waals surface area contributed by atoms with Crippen LogP contribution < -0.4 is 5.73 Å². The van der Waals surface area contributed by atoms with Crippen LogP contribution in [-0.2, 0) is 11.8 Å². The SMILES string of the molecule is Cn1ncnc1C(N)C1CCCCO1. The van der Waals surface area contributed by atoms with Crippen LogP contribution in [0.3, 0.4) is 0 Å². The standard InChI is InChI=1S/C9H16N4O/c1-13-9(11-6-12-13)8(10)7-4-2-3-5-14-7/h6-8H,2-5,10H2,1H3. The van der Waals surface area contributed by atoms with Crippen molar-refractivity contribution in [1.82, 2.24) is 14.8 Å². The predicted octanol–water partition coefficient (Wildman–Crippen LogP) is 0.384. The third kappa shape index (κ3) is 1.78. The molecule has 5 nitrogen and oxygen atoms in total. The van der Waals surface area contributed by atoms with Crippen LogP contribution in [0.1, 0.15) is 31.1 Å². The van der Waals surface area contributed by atoms with Gasteiger partial charge in [-0.25, -0.2) is 4.98 Å². The van der Waals surface area contributed by atoms with Crippen molar-refractivity contribution < 1.29 is 4.74 Å². The Morgan fingerprint density at radius 2 is 2.50 bits per heavy atom. The van der Waals surface area contributed by atoms with Gasteiger partial charge in [0.2, 0.25) is 0 Å². The minimum atomic E-state index is -0.150. The molecular formula is C9H16N4O. The fourth-order valence-corrected chi connectivity index (χ4v) is 1.82. The molecule has 14 heavy (non-hydrogen) atoms. The number of nitrogens with zero attached hydrogens (tertiary/aromatic N) is 3. The van der Waals surface area contributed by atoms with Crippen molar-refractivity contribution >= 4 is 0 Å².